The minimum absolute atomic E-state index is 0.201. The molecule has 0 saturated carbocycles. The van der Waals surface area contributed by atoms with Crippen molar-refractivity contribution in [1.29, 1.82) is 0 Å². The number of benzene rings is 2. The highest BCUT2D eigenvalue weighted by Crippen LogP contribution is 2.35. The molecule has 3 aromatic rings. The Labute approximate surface area is 152 Å². The second-order valence-electron chi connectivity index (χ2n) is 5.09. The van der Waals surface area contributed by atoms with Gasteiger partial charge in [-0.25, -0.2) is 5.43 Å². The van der Waals surface area contributed by atoms with E-state index in [9.17, 15) is 4.79 Å². The number of hydrazone groups is 1. The second-order valence-corrected chi connectivity index (χ2v) is 5.94. The maximum absolute atomic E-state index is 12.1. The number of hydrogen-bond donors (Lipinski definition) is 1. The Morgan fingerprint density at radius 2 is 2.00 bits per heavy atom. The van der Waals surface area contributed by atoms with Gasteiger partial charge in [0.25, 0.3) is 0 Å². The molecule has 7 heteroatoms. The lowest BCUT2D eigenvalue weighted by atomic mass is 10.2. The summed E-state index contributed by atoms with van der Waals surface area (Å²) in [7, 11) is 3.11. The number of rotatable bonds is 5. The van der Waals surface area contributed by atoms with Gasteiger partial charge in [0, 0.05) is 5.39 Å². The molecule has 0 bridgehead atoms. The second kappa shape index (κ2) is 7.40. The third-order valence-electron chi connectivity index (χ3n) is 3.48. The first kappa shape index (κ1) is 17.0. The van der Waals surface area contributed by atoms with Crippen LogP contribution in [0.25, 0.3) is 11.0 Å². The van der Waals surface area contributed by atoms with Gasteiger partial charge in [-0.2, -0.15) is 5.10 Å². The van der Waals surface area contributed by atoms with Gasteiger partial charge in [0.2, 0.25) is 0 Å². The summed E-state index contributed by atoms with van der Waals surface area (Å²) in [5.41, 5.74) is 3.83. The highest BCUT2D eigenvalue weighted by atomic mass is 79.9. The van der Waals surface area contributed by atoms with Crippen molar-refractivity contribution < 1.29 is 18.7 Å². The van der Waals surface area contributed by atoms with Crippen LogP contribution in [0.15, 0.2) is 56.5 Å². The molecule has 0 aliphatic heterocycles. The molecule has 1 N–H and O–H groups in total. The molecule has 0 aliphatic rings. The molecule has 0 saturated heterocycles. The molecular weight excluding hydrogens is 388 g/mol. The molecule has 2 aromatic carbocycles. The average molecular weight is 403 g/mol. The van der Waals surface area contributed by atoms with Crippen LogP contribution in [0.1, 0.15) is 16.1 Å². The average Bonchev–Trinajstić information content (AvgIpc) is 3.05. The van der Waals surface area contributed by atoms with Gasteiger partial charge < -0.3 is 13.9 Å². The van der Waals surface area contributed by atoms with Gasteiger partial charge in [0.05, 0.1) is 24.9 Å². The third kappa shape index (κ3) is 3.66. The largest absolute Gasteiger partial charge is 0.493 e. The monoisotopic (exact) mass is 402 g/mol. The lowest BCUT2D eigenvalue weighted by Crippen LogP contribution is -2.16. The molecule has 0 atom stereocenters. The van der Waals surface area contributed by atoms with Crippen LogP contribution in [-0.4, -0.2) is 26.3 Å². The summed E-state index contributed by atoms with van der Waals surface area (Å²) < 4.78 is 16.7. The maximum Gasteiger partial charge on any atom is 0.307 e. The number of ether oxygens (including phenoxy) is 2. The molecule has 128 valence electrons. The van der Waals surface area contributed by atoms with Crippen molar-refractivity contribution >= 4 is 39.0 Å². The third-order valence-corrected chi connectivity index (χ3v) is 4.07. The SMILES string of the molecule is COc1cc(/C=N\NC(=O)c2cc3ccccc3o2)cc(Br)c1OC. The van der Waals surface area contributed by atoms with Crippen LogP contribution in [0, 0.1) is 0 Å². The number of amides is 1. The molecule has 0 radical (unpaired) electrons. The van der Waals surface area contributed by atoms with Gasteiger partial charge in [-0.05, 0) is 45.8 Å². The van der Waals surface area contributed by atoms with E-state index in [4.69, 9.17) is 13.9 Å². The van der Waals surface area contributed by atoms with Crippen LogP contribution in [0.4, 0.5) is 0 Å². The molecule has 0 aliphatic carbocycles. The molecule has 1 heterocycles. The van der Waals surface area contributed by atoms with Crippen LogP contribution in [0.5, 0.6) is 11.5 Å². The summed E-state index contributed by atoms with van der Waals surface area (Å²) >= 11 is 3.41. The number of nitrogens with zero attached hydrogens (tertiary/aromatic N) is 1. The molecule has 0 spiro atoms. The van der Waals surface area contributed by atoms with E-state index in [1.807, 2.05) is 18.2 Å². The fourth-order valence-corrected chi connectivity index (χ4v) is 2.95. The fourth-order valence-electron chi connectivity index (χ4n) is 2.33. The summed E-state index contributed by atoms with van der Waals surface area (Å²) in [6, 6.07) is 12.6. The van der Waals surface area contributed by atoms with Gasteiger partial charge in [-0.3, -0.25) is 4.79 Å². The molecule has 25 heavy (non-hydrogen) atoms. The quantitative estimate of drug-likeness (QED) is 0.517. The summed E-state index contributed by atoms with van der Waals surface area (Å²) in [5, 5.41) is 4.82. The Hall–Kier alpha value is -2.80. The van der Waals surface area contributed by atoms with E-state index >= 15 is 0 Å². The van der Waals surface area contributed by atoms with Crippen molar-refractivity contribution in [3.05, 3.63) is 58.3 Å². The van der Waals surface area contributed by atoms with Crippen LogP contribution in [0.3, 0.4) is 0 Å². The fraction of sp³-hybridized carbons (Fsp3) is 0.111. The van der Waals surface area contributed by atoms with Gasteiger partial charge in [-0.1, -0.05) is 18.2 Å². The number of nitrogens with one attached hydrogen (secondary N) is 1. The summed E-state index contributed by atoms with van der Waals surface area (Å²) in [5.74, 6) is 0.923. The van der Waals surface area contributed by atoms with Gasteiger partial charge in [0.15, 0.2) is 17.3 Å². The van der Waals surface area contributed by atoms with E-state index < -0.39 is 5.91 Å². The molecule has 0 fully saturated rings. The van der Waals surface area contributed by atoms with E-state index in [0.29, 0.717) is 17.1 Å². The Morgan fingerprint density at radius 3 is 2.72 bits per heavy atom. The predicted molar refractivity (Wildman–Crippen MR) is 98.5 cm³/mol. The lowest BCUT2D eigenvalue weighted by Gasteiger charge is -2.10. The number of para-hydroxylation sites is 1. The smallest absolute Gasteiger partial charge is 0.307 e. The molecule has 0 unspecified atom stereocenters. The minimum atomic E-state index is -0.424. The number of methoxy groups -OCH3 is 2. The zero-order valence-electron chi connectivity index (χ0n) is 13.6. The number of furan rings is 1. The van der Waals surface area contributed by atoms with Gasteiger partial charge in [0.1, 0.15) is 5.58 Å². The Bertz CT molecular complexity index is 916. The van der Waals surface area contributed by atoms with Crippen molar-refractivity contribution in [2.24, 2.45) is 5.10 Å². The maximum atomic E-state index is 12.1. The summed E-state index contributed by atoms with van der Waals surface area (Å²) in [6.45, 7) is 0. The van der Waals surface area contributed by atoms with E-state index in [-0.39, 0.29) is 5.76 Å². The number of halogens is 1. The van der Waals surface area contributed by atoms with Crippen molar-refractivity contribution in [2.75, 3.05) is 14.2 Å². The Balaban J connectivity index is 1.74. The summed E-state index contributed by atoms with van der Waals surface area (Å²) in [4.78, 5) is 12.1. The van der Waals surface area contributed by atoms with E-state index in [1.165, 1.54) is 6.21 Å². The Morgan fingerprint density at radius 1 is 1.20 bits per heavy atom. The van der Waals surface area contributed by atoms with Crippen molar-refractivity contribution in [2.45, 2.75) is 0 Å². The van der Waals surface area contributed by atoms with Crippen LogP contribution >= 0.6 is 15.9 Å². The predicted octanol–water partition coefficient (Wildman–Crippen LogP) is 3.98. The van der Waals surface area contributed by atoms with E-state index in [2.05, 4.69) is 26.5 Å². The highest BCUT2D eigenvalue weighted by molar-refractivity contribution is 9.10. The first-order valence-electron chi connectivity index (χ1n) is 7.36. The molecule has 6 nitrogen and oxygen atoms in total. The molecule has 1 amide bonds. The van der Waals surface area contributed by atoms with Crippen molar-refractivity contribution in [1.82, 2.24) is 5.43 Å². The van der Waals surface area contributed by atoms with Crippen molar-refractivity contribution in [3.8, 4) is 11.5 Å². The summed E-state index contributed by atoms with van der Waals surface area (Å²) in [6.07, 6.45) is 1.51. The lowest BCUT2D eigenvalue weighted by molar-refractivity contribution is 0.0929. The number of fused-ring (bicyclic) bond motifs is 1. The normalized spacial score (nSPS) is 11.0. The standard InChI is InChI=1S/C18H15BrN2O4/c1-23-15-8-11(7-13(19)17(15)24-2)10-20-21-18(22)16-9-12-5-3-4-6-14(12)25-16/h3-10H,1-2H3,(H,21,22)/b20-10-. The highest BCUT2D eigenvalue weighted by Gasteiger charge is 2.12. The first-order valence-corrected chi connectivity index (χ1v) is 8.15. The Kier molecular flexibility index (Phi) is 5.04. The minimum Gasteiger partial charge on any atom is -0.493 e. The van der Waals surface area contributed by atoms with E-state index in [0.717, 1.165) is 15.4 Å². The first-order chi connectivity index (χ1) is 12.1. The van der Waals surface area contributed by atoms with Crippen molar-refractivity contribution in [3.63, 3.8) is 0 Å². The molecule has 1 aromatic heterocycles. The van der Waals surface area contributed by atoms with E-state index in [1.54, 1.807) is 38.5 Å². The number of carbonyl (C=O) groups excluding carboxylic acids is 1. The van der Waals surface area contributed by atoms with Gasteiger partial charge in [-0.15, -0.1) is 0 Å². The molecule has 3 rings (SSSR count). The molecular formula is C18H15BrN2O4. The zero-order valence-corrected chi connectivity index (χ0v) is 15.2. The zero-order chi connectivity index (χ0) is 17.8. The number of carbonyl (C=O) groups is 1. The van der Waals surface area contributed by atoms with Crippen LogP contribution in [-0.2, 0) is 0 Å². The van der Waals surface area contributed by atoms with Gasteiger partial charge >= 0.3 is 5.91 Å². The topological polar surface area (TPSA) is 73.1 Å². The van der Waals surface area contributed by atoms with Crippen LogP contribution in [0.2, 0.25) is 0 Å². The van der Waals surface area contributed by atoms with Crippen LogP contribution < -0.4 is 14.9 Å². The number of hydrogen-bond acceptors (Lipinski definition) is 5.